The number of imidazole rings is 2. The van der Waals surface area contributed by atoms with Crippen LogP contribution in [0, 0.1) is 0 Å². The summed E-state index contributed by atoms with van der Waals surface area (Å²) >= 11 is 8.03. The Labute approximate surface area is 638 Å². The summed E-state index contributed by atoms with van der Waals surface area (Å²) < 4.78 is 0. The number of nitrogens with zero attached hydrogens (tertiary/aromatic N) is 2. The number of benzene rings is 4. The Morgan fingerprint density at radius 3 is 1.17 bits per heavy atom. The van der Waals surface area contributed by atoms with Crippen molar-refractivity contribution >= 4 is 107 Å². The smallest absolute Gasteiger partial charge is 0.327 e. The standard InChI is InChI=1S/C73H94N18O16S2/c1-40(93)60(71(104)87-54(28-44-20-10-5-11-21-44)69(102)91-61(41(2)94)72(105)88-58(35-92)70(103)89-59(37-109)73(106)107)90-63(96)51(24-14-15-25-74)81-66(99)55(29-45-32-78-50-23-13-12-22-48(45)50)85-65(98)53(27-43-18-8-4-9-19-43)83-64(97)52(26-42-16-6-3-7-17-42)84-68(101)57(31-47-34-77-39-80-47)86-67(100)56(30-46-33-76-38-79-46)82-62(95)49(75)36-108/h3-13,16-23,32-34,38-41,49,51-61,78,92-94,108-109H,14-15,24-31,35-37,74-75H2,1-2H3,(H,76,79)(H,77,80)(H,81,99)(H,82,95)(H,83,97)(H,84,101)(H,85,98)(H,86,100)(H,87,104)(H,88,105)(H,89,103)(H,90,96)(H,91,102)(H,106,107)/t40-,41-,49+,51+,52+,53+,54+,55-,56+,57+,58-,59+,60+,61+/m1/s1. The molecule has 0 aliphatic rings. The molecule has 22 N–H and O–H groups in total. The van der Waals surface area contributed by atoms with Crippen molar-refractivity contribution in [3.05, 3.63) is 180 Å². The van der Waals surface area contributed by atoms with Crippen LogP contribution in [0.25, 0.3) is 10.9 Å². The highest BCUT2D eigenvalue weighted by molar-refractivity contribution is 7.80. The van der Waals surface area contributed by atoms with Gasteiger partial charge in [-0.15, -0.1) is 0 Å². The zero-order valence-electron chi connectivity index (χ0n) is 59.8. The highest BCUT2D eigenvalue weighted by Gasteiger charge is 2.39. The monoisotopic (exact) mass is 1540 g/mol. The number of fused-ring (bicyclic) bond motifs is 1. The molecule has 0 radical (unpaired) electrons. The lowest BCUT2D eigenvalue weighted by Crippen LogP contribution is -2.63. The van der Waals surface area contributed by atoms with Crippen LogP contribution in [0.15, 0.2) is 147 Å². The van der Waals surface area contributed by atoms with Gasteiger partial charge in [0, 0.05) is 79.5 Å². The molecule has 11 amide bonds. The van der Waals surface area contributed by atoms with Crippen LogP contribution >= 0.6 is 25.3 Å². The van der Waals surface area contributed by atoms with Crippen molar-refractivity contribution in [2.24, 2.45) is 11.5 Å². The first-order chi connectivity index (χ1) is 52.3. The maximum absolute atomic E-state index is 15.4. The van der Waals surface area contributed by atoms with E-state index in [-0.39, 0.29) is 69.4 Å². The van der Waals surface area contributed by atoms with Crippen LogP contribution < -0.4 is 70.0 Å². The molecule has 0 bridgehead atoms. The number of nitrogens with two attached hydrogens (primary N) is 2. The van der Waals surface area contributed by atoms with Crippen LogP contribution in [0.5, 0.6) is 0 Å². The number of H-pyrrole nitrogens is 3. The van der Waals surface area contributed by atoms with Crippen molar-refractivity contribution in [3.63, 3.8) is 0 Å². The Morgan fingerprint density at radius 2 is 0.780 bits per heavy atom. The van der Waals surface area contributed by atoms with E-state index in [2.05, 4.69) is 109 Å². The summed E-state index contributed by atoms with van der Waals surface area (Å²) in [6.07, 6.45) is 3.13. The lowest BCUT2D eigenvalue weighted by molar-refractivity contribution is -0.142. The van der Waals surface area contributed by atoms with Gasteiger partial charge in [0.25, 0.3) is 0 Å². The van der Waals surface area contributed by atoms with Crippen molar-refractivity contribution in [2.45, 2.75) is 156 Å². The Hall–Kier alpha value is -11.0. The minimum Gasteiger partial charge on any atom is -0.480 e. The predicted molar refractivity (Wildman–Crippen MR) is 405 cm³/mol. The molecule has 584 valence electrons. The van der Waals surface area contributed by atoms with Crippen LogP contribution in [0.4, 0.5) is 0 Å². The zero-order chi connectivity index (χ0) is 79.1. The number of carbonyl (C=O) groups is 12. The molecule has 14 atom stereocenters. The molecule has 0 spiro atoms. The number of amides is 11. The fraction of sp³-hybridized carbons (Fsp3) is 0.397. The first-order valence-corrected chi connectivity index (χ1v) is 36.4. The van der Waals surface area contributed by atoms with Crippen LogP contribution in [-0.2, 0) is 96.1 Å². The van der Waals surface area contributed by atoms with Gasteiger partial charge in [-0.05, 0) is 68.0 Å². The van der Waals surface area contributed by atoms with E-state index in [9.17, 15) is 63.6 Å². The minimum absolute atomic E-state index is 0.0564. The number of carboxylic acid groups (broad SMARTS) is 1. The van der Waals surface area contributed by atoms with Gasteiger partial charge in [-0.2, -0.15) is 25.3 Å². The molecule has 0 fully saturated rings. The molecule has 7 rings (SSSR count). The second-order valence-electron chi connectivity index (χ2n) is 25.9. The van der Waals surface area contributed by atoms with Crippen molar-refractivity contribution in [1.29, 1.82) is 0 Å². The van der Waals surface area contributed by atoms with Gasteiger partial charge < -0.3 is 105 Å². The molecule has 34 nitrogen and oxygen atoms in total. The fourth-order valence-electron chi connectivity index (χ4n) is 11.5. The van der Waals surface area contributed by atoms with E-state index < -0.39 is 162 Å². The number of nitrogens with one attached hydrogen (secondary N) is 14. The number of thiol groups is 2. The number of rotatable bonds is 44. The lowest BCUT2D eigenvalue weighted by Gasteiger charge is -2.29. The number of aromatic amines is 3. The maximum atomic E-state index is 15.4. The summed E-state index contributed by atoms with van der Waals surface area (Å²) in [5.41, 5.74) is 15.4. The summed E-state index contributed by atoms with van der Waals surface area (Å²) in [5, 5.41) is 70.4. The van der Waals surface area contributed by atoms with E-state index in [1.165, 1.54) is 25.0 Å². The van der Waals surface area contributed by atoms with Gasteiger partial charge in [0.2, 0.25) is 65.0 Å². The van der Waals surface area contributed by atoms with Gasteiger partial charge in [-0.3, -0.25) is 52.7 Å². The molecule has 36 heteroatoms. The molecular weight excluding hydrogens is 1450 g/mol. The fourth-order valence-corrected chi connectivity index (χ4v) is 11.9. The minimum atomic E-state index is -1.88. The summed E-state index contributed by atoms with van der Waals surface area (Å²) in [5.74, 6) is -12.6. The second kappa shape index (κ2) is 43.1. The number of aromatic nitrogens is 5. The van der Waals surface area contributed by atoms with Crippen LogP contribution in [-0.4, -0.2) is 226 Å². The zero-order valence-corrected chi connectivity index (χ0v) is 61.6. The molecule has 109 heavy (non-hydrogen) atoms. The van der Waals surface area contributed by atoms with Crippen molar-refractivity contribution in [3.8, 4) is 0 Å². The first kappa shape index (κ1) is 85.2. The number of aliphatic hydroxyl groups is 3. The van der Waals surface area contributed by atoms with Crippen LogP contribution in [0.1, 0.15) is 66.8 Å². The number of hydrogen-bond acceptors (Lipinski definition) is 21. The normalized spacial score (nSPS) is 15.1. The number of unbranched alkanes of at least 4 members (excludes halogenated alkanes) is 1. The third-order valence-corrected chi connectivity index (χ3v) is 18.3. The Kier molecular flexibility index (Phi) is 33.7. The largest absolute Gasteiger partial charge is 0.480 e. The number of hydrogen-bond donors (Lipinski definition) is 22. The number of aliphatic carboxylic acids is 1. The van der Waals surface area contributed by atoms with Gasteiger partial charge in [-0.25, -0.2) is 14.8 Å². The third-order valence-electron chi connectivity index (χ3n) is 17.5. The Balaban J connectivity index is 1.16. The second-order valence-corrected chi connectivity index (χ2v) is 26.7. The predicted octanol–water partition coefficient (Wildman–Crippen LogP) is -3.14. The molecule has 0 saturated heterocycles. The maximum Gasteiger partial charge on any atom is 0.327 e. The molecule has 0 saturated carbocycles. The molecule has 0 aliphatic carbocycles. The first-order valence-electron chi connectivity index (χ1n) is 35.1. The van der Waals surface area contributed by atoms with E-state index >= 15 is 14.4 Å². The SMILES string of the molecule is C[C@@H](O)[C@H](NC(=O)[C@H](CCCCN)NC(=O)[C@@H](Cc1c[nH]c2ccccc12)NC(=O)[C@H](Cc1ccccc1)NC(=O)[C@H](Cc1ccccc1)NC(=O)[C@H](Cc1c[nH]cn1)NC(=O)[C@H](Cc1c[nH]cn1)NC(=O)[C@@H](N)CS)C(=O)N[C@@H](Cc1ccccc1)C(=O)N[C@H](C(=O)N[C@H](CO)C(=O)N[C@@H](CS)C(=O)O)[C@@H](C)O. The lowest BCUT2D eigenvalue weighted by atomic mass is 10.00. The average molecular weight is 1540 g/mol. The summed E-state index contributed by atoms with van der Waals surface area (Å²) in [6.45, 7) is 1.39. The van der Waals surface area contributed by atoms with Gasteiger partial charge in [0.15, 0.2) is 0 Å². The number of para-hydroxylation sites is 1. The van der Waals surface area contributed by atoms with Crippen molar-refractivity contribution in [1.82, 2.24) is 83.4 Å². The van der Waals surface area contributed by atoms with Crippen LogP contribution in [0.3, 0.4) is 0 Å². The summed E-state index contributed by atoms with van der Waals surface area (Å²) in [7, 11) is 0. The van der Waals surface area contributed by atoms with E-state index in [1.54, 1.807) is 121 Å². The number of carboxylic acids is 1. The Bertz CT molecular complexity index is 4140. The van der Waals surface area contributed by atoms with Crippen molar-refractivity contribution < 1.29 is 78.0 Å². The van der Waals surface area contributed by atoms with Crippen LogP contribution in [0.2, 0.25) is 0 Å². The molecular formula is C73H94N18O16S2. The van der Waals surface area contributed by atoms with E-state index in [4.69, 9.17) is 11.5 Å². The summed E-state index contributed by atoms with van der Waals surface area (Å²) in [4.78, 5) is 188. The topological polar surface area (TPSA) is 543 Å². The third kappa shape index (κ3) is 26.4. The van der Waals surface area contributed by atoms with Gasteiger partial charge in [0.1, 0.15) is 66.5 Å². The van der Waals surface area contributed by atoms with E-state index in [0.29, 0.717) is 51.0 Å². The summed E-state index contributed by atoms with van der Waals surface area (Å²) in [6, 6.07) is 13.7. The highest BCUT2D eigenvalue weighted by Crippen LogP contribution is 2.21. The highest BCUT2D eigenvalue weighted by atomic mass is 32.1. The van der Waals surface area contributed by atoms with Gasteiger partial charge in [0.05, 0.1) is 48.9 Å². The Morgan fingerprint density at radius 1 is 0.422 bits per heavy atom. The van der Waals surface area contributed by atoms with Gasteiger partial charge in [-0.1, -0.05) is 109 Å². The molecule has 4 aromatic carbocycles. The molecule has 0 aliphatic heterocycles. The van der Waals surface area contributed by atoms with Gasteiger partial charge >= 0.3 is 5.97 Å². The van der Waals surface area contributed by atoms with Crippen molar-refractivity contribution in [2.75, 3.05) is 24.7 Å². The quantitative estimate of drug-likeness (QED) is 0.0133. The molecule has 7 aromatic rings. The molecule has 0 unspecified atom stereocenters. The molecule has 3 heterocycles. The number of aliphatic hydroxyl groups excluding tert-OH is 3. The van der Waals surface area contributed by atoms with E-state index in [0.717, 1.165) is 13.8 Å². The average Bonchev–Trinajstić information content (AvgIpc) is 1.74. The van der Waals surface area contributed by atoms with E-state index in [1.807, 2.05) is 0 Å². The molecule has 3 aromatic heterocycles. The number of carbonyl (C=O) groups excluding carboxylic acids is 11.